The van der Waals surface area contributed by atoms with Gasteiger partial charge < -0.3 is 14.9 Å². The Kier molecular flexibility index (Phi) is 3.82. The molecule has 0 fully saturated rings. The van der Waals surface area contributed by atoms with Crippen molar-refractivity contribution >= 4 is 5.97 Å². The Hall–Kier alpha value is -2.34. The molecule has 0 bridgehead atoms. The standard InChI is InChI=1S/C13H14N2O4/c1-19-12-5-3-2-4-9(12)11-8-10(13(17)18)14-15(11)6-7-16/h2-5,8,16H,6-7H2,1H3,(H,17,18). The minimum atomic E-state index is -1.10. The second-order valence-electron chi connectivity index (χ2n) is 3.87. The largest absolute Gasteiger partial charge is 0.496 e. The van der Waals surface area contributed by atoms with Gasteiger partial charge in [0.2, 0.25) is 0 Å². The molecular weight excluding hydrogens is 248 g/mol. The average molecular weight is 262 g/mol. The number of carbonyl (C=O) groups is 1. The third-order valence-electron chi connectivity index (χ3n) is 2.69. The van der Waals surface area contributed by atoms with Crippen molar-refractivity contribution in [3.05, 3.63) is 36.0 Å². The summed E-state index contributed by atoms with van der Waals surface area (Å²) in [6.07, 6.45) is 0. The summed E-state index contributed by atoms with van der Waals surface area (Å²) in [5.41, 5.74) is 1.27. The first-order valence-electron chi connectivity index (χ1n) is 5.72. The highest BCUT2D eigenvalue weighted by molar-refractivity contribution is 5.87. The number of para-hydroxylation sites is 1. The Morgan fingerprint density at radius 1 is 1.42 bits per heavy atom. The quantitative estimate of drug-likeness (QED) is 0.847. The minimum Gasteiger partial charge on any atom is -0.496 e. The Balaban J connectivity index is 2.56. The van der Waals surface area contributed by atoms with Crippen LogP contribution >= 0.6 is 0 Å². The Bertz CT molecular complexity index is 592. The van der Waals surface area contributed by atoms with Crippen molar-refractivity contribution in [3.8, 4) is 17.0 Å². The highest BCUT2D eigenvalue weighted by Crippen LogP contribution is 2.30. The van der Waals surface area contributed by atoms with Gasteiger partial charge in [0.15, 0.2) is 5.69 Å². The van der Waals surface area contributed by atoms with Crippen LogP contribution in [0.15, 0.2) is 30.3 Å². The molecule has 19 heavy (non-hydrogen) atoms. The maximum atomic E-state index is 11.0. The number of hydrogen-bond acceptors (Lipinski definition) is 4. The summed E-state index contributed by atoms with van der Waals surface area (Å²) in [5, 5.41) is 22.0. The topological polar surface area (TPSA) is 84.6 Å². The molecule has 0 atom stereocenters. The summed E-state index contributed by atoms with van der Waals surface area (Å²) in [6, 6.07) is 8.72. The zero-order chi connectivity index (χ0) is 13.8. The van der Waals surface area contributed by atoms with Crippen molar-refractivity contribution in [1.82, 2.24) is 9.78 Å². The van der Waals surface area contributed by atoms with Crippen molar-refractivity contribution < 1.29 is 19.7 Å². The maximum absolute atomic E-state index is 11.0. The van der Waals surface area contributed by atoms with Crippen molar-refractivity contribution in [1.29, 1.82) is 0 Å². The molecule has 0 saturated heterocycles. The molecule has 1 aromatic carbocycles. The van der Waals surface area contributed by atoms with Crippen LogP contribution in [0.1, 0.15) is 10.5 Å². The summed E-state index contributed by atoms with van der Waals surface area (Å²) in [6.45, 7) is 0.101. The summed E-state index contributed by atoms with van der Waals surface area (Å²) in [5.74, 6) is -0.480. The van der Waals surface area contributed by atoms with Gasteiger partial charge >= 0.3 is 5.97 Å². The van der Waals surface area contributed by atoms with Crippen LogP contribution in [-0.4, -0.2) is 39.7 Å². The predicted molar refractivity (Wildman–Crippen MR) is 68.3 cm³/mol. The zero-order valence-corrected chi connectivity index (χ0v) is 10.4. The van der Waals surface area contributed by atoms with Crippen LogP contribution in [0.2, 0.25) is 0 Å². The molecule has 6 nitrogen and oxygen atoms in total. The molecular formula is C13H14N2O4. The third kappa shape index (κ3) is 2.58. The van der Waals surface area contributed by atoms with Crippen LogP contribution in [0.5, 0.6) is 5.75 Å². The summed E-state index contributed by atoms with van der Waals surface area (Å²) >= 11 is 0. The molecule has 2 rings (SSSR count). The van der Waals surface area contributed by atoms with E-state index in [0.29, 0.717) is 11.4 Å². The van der Waals surface area contributed by atoms with Crippen LogP contribution in [-0.2, 0) is 6.54 Å². The van der Waals surface area contributed by atoms with E-state index in [1.165, 1.54) is 10.7 Å². The van der Waals surface area contributed by atoms with Gasteiger partial charge in [-0.3, -0.25) is 4.68 Å². The number of carboxylic acids is 1. The molecule has 6 heteroatoms. The Morgan fingerprint density at radius 2 is 2.16 bits per heavy atom. The van der Waals surface area contributed by atoms with E-state index in [2.05, 4.69) is 5.10 Å². The number of benzene rings is 1. The number of aliphatic hydroxyl groups is 1. The summed E-state index contributed by atoms with van der Waals surface area (Å²) < 4.78 is 6.71. The monoisotopic (exact) mass is 262 g/mol. The summed E-state index contributed by atoms with van der Waals surface area (Å²) in [4.78, 5) is 11.0. The SMILES string of the molecule is COc1ccccc1-c1cc(C(=O)O)nn1CCO. The fraction of sp³-hybridized carbons (Fsp3) is 0.231. The van der Waals surface area contributed by atoms with Crippen LogP contribution in [0.4, 0.5) is 0 Å². The number of rotatable bonds is 5. The molecule has 0 saturated carbocycles. The van der Waals surface area contributed by atoms with E-state index in [-0.39, 0.29) is 18.8 Å². The lowest BCUT2D eigenvalue weighted by Gasteiger charge is -2.09. The number of hydrogen-bond donors (Lipinski definition) is 2. The van der Waals surface area contributed by atoms with E-state index in [1.807, 2.05) is 18.2 Å². The number of carboxylic acid groups (broad SMARTS) is 1. The van der Waals surface area contributed by atoms with Crippen molar-refractivity contribution in [2.24, 2.45) is 0 Å². The van der Waals surface area contributed by atoms with Gasteiger partial charge in [-0.05, 0) is 18.2 Å². The van der Waals surface area contributed by atoms with Gasteiger partial charge in [-0.25, -0.2) is 4.79 Å². The highest BCUT2D eigenvalue weighted by atomic mass is 16.5. The highest BCUT2D eigenvalue weighted by Gasteiger charge is 2.16. The minimum absolute atomic E-state index is 0.0608. The molecule has 2 N–H and O–H groups in total. The lowest BCUT2D eigenvalue weighted by Crippen LogP contribution is -2.07. The lowest BCUT2D eigenvalue weighted by atomic mass is 10.1. The lowest BCUT2D eigenvalue weighted by molar-refractivity contribution is 0.0689. The van der Waals surface area contributed by atoms with Gasteiger partial charge in [0.25, 0.3) is 0 Å². The van der Waals surface area contributed by atoms with Crippen LogP contribution in [0, 0.1) is 0 Å². The number of aliphatic hydroxyl groups excluding tert-OH is 1. The number of ether oxygens (including phenoxy) is 1. The number of nitrogens with zero attached hydrogens (tertiary/aromatic N) is 2. The molecule has 0 aliphatic rings. The first-order chi connectivity index (χ1) is 9.17. The fourth-order valence-electron chi connectivity index (χ4n) is 1.86. The van der Waals surface area contributed by atoms with Crippen LogP contribution in [0.3, 0.4) is 0 Å². The molecule has 100 valence electrons. The fourth-order valence-corrected chi connectivity index (χ4v) is 1.86. The van der Waals surface area contributed by atoms with Gasteiger partial charge in [-0.2, -0.15) is 5.10 Å². The molecule has 0 radical (unpaired) electrons. The van der Waals surface area contributed by atoms with Crippen molar-refractivity contribution in [2.75, 3.05) is 13.7 Å². The van der Waals surface area contributed by atoms with Crippen molar-refractivity contribution in [2.45, 2.75) is 6.54 Å². The van der Waals surface area contributed by atoms with E-state index in [0.717, 1.165) is 5.56 Å². The Morgan fingerprint density at radius 3 is 2.79 bits per heavy atom. The maximum Gasteiger partial charge on any atom is 0.356 e. The molecule has 0 unspecified atom stereocenters. The molecule has 0 spiro atoms. The third-order valence-corrected chi connectivity index (χ3v) is 2.69. The molecule has 1 aromatic heterocycles. The second kappa shape index (κ2) is 5.53. The van der Waals surface area contributed by atoms with E-state index in [1.54, 1.807) is 13.2 Å². The molecule has 2 aromatic rings. The Labute approximate surface area is 109 Å². The zero-order valence-electron chi connectivity index (χ0n) is 10.4. The van der Waals surface area contributed by atoms with Gasteiger partial charge in [-0.15, -0.1) is 0 Å². The van der Waals surface area contributed by atoms with E-state index < -0.39 is 5.97 Å². The second-order valence-corrected chi connectivity index (χ2v) is 3.87. The van der Waals surface area contributed by atoms with E-state index in [9.17, 15) is 4.79 Å². The first kappa shape index (κ1) is 13.1. The number of aromatic nitrogens is 2. The molecule has 0 aliphatic carbocycles. The van der Waals surface area contributed by atoms with Crippen LogP contribution < -0.4 is 4.74 Å². The van der Waals surface area contributed by atoms with E-state index in [4.69, 9.17) is 14.9 Å². The smallest absolute Gasteiger partial charge is 0.356 e. The van der Waals surface area contributed by atoms with Gasteiger partial charge in [0, 0.05) is 5.56 Å². The molecule has 0 amide bonds. The average Bonchev–Trinajstić information content (AvgIpc) is 2.83. The molecule has 1 heterocycles. The van der Waals surface area contributed by atoms with E-state index >= 15 is 0 Å². The number of aromatic carboxylic acids is 1. The van der Waals surface area contributed by atoms with Gasteiger partial charge in [-0.1, -0.05) is 12.1 Å². The van der Waals surface area contributed by atoms with Crippen LogP contribution in [0.25, 0.3) is 11.3 Å². The van der Waals surface area contributed by atoms with Crippen molar-refractivity contribution in [3.63, 3.8) is 0 Å². The predicted octanol–water partition coefficient (Wildman–Crippen LogP) is 1.25. The number of methoxy groups -OCH3 is 1. The van der Waals surface area contributed by atoms with Gasteiger partial charge in [0.05, 0.1) is 26.0 Å². The molecule has 0 aliphatic heterocycles. The first-order valence-corrected chi connectivity index (χ1v) is 5.72. The normalized spacial score (nSPS) is 10.4. The summed E-state index contributed by atoms with van der Waals surface area (Å²) in [7, 11) is 1.55. The van der Waals surface area contributed by atoms with Gasteiger partial charge in [0.1, 0.15) is 5.75 Å².